The topological polar surface area (TPSA) is 35.2 Å². The van der Waals surface area contributed by atoms with E-state index in [2.05, 4.69) is 13.0 Å². The van der Waals surface area contributed by atoms with Gasteiger partial charge < -0.3 is 10.5 Å². The molecule has 0 saturated carbocycles. The molecule has 1 aromatic carbocycles. The second-order valence-corrected chi connectivity index (χ2v) is 4.32. The standard InChI is InChI=1S/C13H20ClNO/c1-3-10(9-15)7-11-5-6-13(16-4-2)12(14)8-11/h5-6,8,10H,3-4,7,9,15H2,1-2H3. The monoisotopic (exact) mass is 241 g/mol. The third kappa shape index (κ3) is 3.69. The molecule has 1 aromatic rings. The molecule has 0 spiro atoms. The maximum atomic E-state index is 6.12. The van der Waals surface area contributed by atoms with Crippen LogP contribution in [-0.4, -0.2) is 13.2 Å². The molecular weight excluding hydrogens is 222 g/mol. The van der Waals surface area contributed by atoms with Gasteiger partial charge in [-0.05, 0) is 43.5 Å². The van der Waals surface area contributed by atoms with Crippen molar-refractivity contribution in [3.05, 3.63) is 28.8 Å². The Kier molecular flexibility index (Phi) is 5.64. The maximum Gasteiger partial charge on any atom is 0.137 e. The van der Waals surface area contributed by atoms with Gasteiger partial charge in [0.05, 0.1) is 11.6 Å². The molecule has 1 rings (SSSR count). The van der Waals surface area contributed by atoms with Gasteiger partial charge in [0.15, 0.2) is 0 Å². The molecular formula is C13H20ClNO. The second-order valence-electron chi connectivity index (χ2n) is 3.91. The van der Waals surface area contributed by atoms with E-state index in [1.54, 1.807) is 0 Å². The molecule has 0 amide bonds. The van der Waals surface area contributed by atoms with Crippen molar-refractivity contribution in [2.24, 2.45) is 11.7 Å². The van der Waals surface area contributed by atoms with Crippen molar-refractivity contribution < 1.29 is 4.74 Å². The van der Waals surface area contributed by atoms with E-state index in [1.165, 1.54) is 5.56 Å². The molecule has 0 aliphatic rings. The molecule has 2 nitrogen and oxygen atoms in total. The molecule has 90 valence electrons. The molecule has 0 bridgehead atoms. The summed E-state index contributed by atoms with van der Waals surface area (Å²) in [5.41, 5.74) is 6.92. The Morgan fingerprint density at radius 3 is 2.62 bits per heavy atom. The van der Waals surface area contributed by atoms with Gasteiger partial charge in [-0.3, -0.25) is 0 Å². The van der Waals surface area contributed by atoms with E-state index < -0.39 is 0 Å². The van der Waals surface area contributed by atoms with Crippen LogP contribution in [-0.2, 0) is 6.42 Å². The van der Waals surface area contributed by atoms with Gasteiger partial charge in [0.1, 0.15) is 5.75 Å². The van der Waals surface area contributed by atoms with Gasteiger partial charge >= 0.3 is 0 Å². The summed E-state index contributed by atoms with van der Waals surface area (Å²) in [6.45, 7) is 5.47. The molecule has 1 atom stereocenters. The average molecular weight is 242 g/mol. The van der Waals surface area contributed by atoms with E-state index in [0.29, 0.717) is 17.5 Å². The number of ether oxygens (including phenoxy) is 1. The van der Waals surface area contributed by atoms with Crippen LogP contribution in [0.3, 0.4) is 0 Å². The molecule has 0 aromatic heterocycles. The van der Waals surface area contributed by atoms with E-state index in [1.807, 2.05) is 19.1 Å². The van der Waals surface area contributed by atoms with Crippen LogP contribution >= 0.6 is 11.6 Å². The highest BCUT2D eigenvalue weighted by Crippen LogP contribution is 2.26. The molecule has 2 N–H and O–H groups in total. The number of hydrogen-bond acceptors (Lipinski definition) is 2. The molecule has 0 heterocycles. The van der Waals surface area contributed by atoms with Crippen LogP contribution in [0.2, 0.25) is 5.02 Å². The van der Waals surface area contributed by atoms with Crippen LogP contribution < -0.4 is 10.5 Å². The Labute approximate surface area is 103 Å². The Morgan fingerprint density at radius 1 is 1.38 bits per heavy atom. The van der Waals surface area contributed by atoms with Crippen LogP contribution in [0.15, 0.2) is 18.2 Å². The van der Waals surface area contributed by atoms with E-state index in [-0.39, 0.29) is 0 Å². The number of halogens is 1. The van der Waals surface area contributed by atoms with Gasteiger partial charge in [-0.2, -0.15) is 0 Å². The summed E-state index contributed by atoms with van der Waals surface area (Å²) in [5, 5.41) is 0.686. The first-order chi connectivity index (χ1) is 7.71. The lowest BCUT2D eigenvalue weighted by atomic mass is 9.97. The normalized spacial score (nSPS) is 12.5. The molecule has 1 unspecified atom stereocenters. The van der Waals surface area contributed by atoms with Crippen molar-refractivity contribution >= 4 is 11.6 Å². The highest BCUT2D eigenvalue weighted by Gasteiger charge is 2.07. The van der Waals surface area contributed by atoms with Gasteiger partial charge in [-0.1, -0.05) is 31.0 Å². The quantitative estimate of drug-likeness (QED) is 0.830. The third-order valence-corrected chi connectivity index (χ3v) is 3.03. The van der Waals surface area contributed by atoms with Gasteiger partial charge in [0.25, 0.3) is 0 Å². The van der Waals surface area contributed by atoms with Gasteiger partial charge in [0.2, 0.25) is 0 Å². The summed E-state index contributed by atoms with van der Waals surface area (Å²) in [4.78, 5) is 0. The number of rotatable bonds is 6. The summed E-state index contributed by atoms with van der Waals surface area (Å²) in [6.07, 6.45) is 2.08. The number of nitrogens with two attached hydrogens (primary N) is 1. The van der Waals surface area contributed by atoms with Crippen molar-refractivity contribution in [3.63, 3.8) is 0 Å². The predicted octanol–water partition coefficient (Wildman–Crippen LogP) is 3.27. The minimum absolute atomic E-state index is 0.536. The van der Waals surface area contributed by atoms with Crippen LogP contribution in [0.1, 0.15) is 25.8 Å². The minimum atomic E-state index is 0.536. The summed E-state index contributed by atoms with van der Waals surface area (Å²) in [7, 11) is 0. The first-order valence-electron chi connectivity index (χ1n) is 5.82. The molecule has 0 saturated heterocycles. The SMILES string of the molecule is CCOc1ccc(CC(CC)CN)cc1Cl. The van der Waals surface area contributed by atoms with Crippen molar-refractivity contribution in [3.8, 4) is 5.75 Å². The van der Waals surface area contributed by atoms with Crippen molar-refractivity contribution in [2.75, 3.05) is 13.2 Å². The van der Waals surface area contributed by atoms with Crippen molar-refractivity contribution in [1.82, 2.24) is 0 Å². The fraction of sp³-hybridized carbons (Fsp3) is 0.538. The zero-order valence-electron chi connectivity index (χ0n) is 10.0. The molecule has 3 heteroatoms. The predicted molar refractivity (Wildman–Crippen MR) is 69.2 cm³/mol. The zero-order chi connectivity index (χ0) is 12.0. The first kappa shape index (κ1) is 13.3. The molecule has 0 radical (unpaired) electrons. The van der Waals surface area contributed by atoms with E-state index in [4.69, 9.17) is 22.1 Å². The maximum absolute atomic E-state index is 6.12. The van der Waals surface area contributed by atoms with E-state index >= 15 is 0 Å². The van der Waals surface area contributed by atoms with Crippen molar-refractivity contribution in [1.29, 1.82) is 0 Å². The lowest BCUT2D eigenvalue weighted by Crippen LogP contribution is -2.15. The minimum Gasteiger partial charge on any atom is -0.492 e. The summed E-state index contributed by atoms with van der Waals surface area (Å²) >= 11 is 6.12. The van der Waals surface area contributed by atoms with Crippen LogP contribution in [0.25, 0.3) is 0 Å². The number of benzene rings is 1. The zero-order valence-corrected chi connectivity index (χ0v) is 10.8. The van der Waals surface area contributed by atoms with Gasteiger partial charge in [-0.15, -0.1) is 0 Å². The summed E-state index contributed by atoms with van der Waals surface area (Å²) in [6, 6.07) is 5.98. The Morgan fingerprint density at radius 2 is 2.12 bits per heavy atom. The lowest BCUT2D eigenvalue weighted by molar-refractivity contribution is 0.340. The molecule has 0 aliphatic heterocycles. The second kappa shape index (κ2) is 6.77. The molecule has 0 fully saturated rings. The average Bonchev–Trinajstić information content (AvgIpc) is 2.29. The summed E-state index contributed by atoms with van der Waals surface area (Å²) in [5.74, 6) is 1.29. The third-order valence-electron chi connectivity index (χ3n) is 2.73. The molecule has 0 aliphatic carbocycles. The fourth-order valence-electron chi connectivity index (χ4n) is 1.67. The van der Waals surface area contributed by atoms with Crippen LogP contribution in [0.4, 0.5) is 0 Å². The number of hydrogen-bond donors (Lipinski definition) is 1. The fourth-order valence-corrected chi connectivity index (χ4v) is 1.93. The Hall–Kier alpha value is -0.730. The summed E-state index contributed by atoms with van der Waals surface area (Å²) < 4.78 is 5.39. The van der Waals surface area contributed by atoms with Crippen LogP contribution in [0.5, 0.6) is 5.75 Å². The largest absolute Gasteiger partial charge is 0.492 e. The van der Waals surface area contributed by atoms with E-state index in [9.17, 15) is 0 Å². The van der Waals surface area contributed by atoms with Crippen molar-refractivity contribution in [2.45, 2.75) is 26.7 Å². The molecule has 16 heavy (non-hydrogen) atoms. The van der Waals surface area contributed by atoms with Crippen LogP contribution in [0, 0.1) is 5.92 Å². The van der Waals surface area contributed by atoms with E-state index in [0.717, 1.165) is 25.1 Å². The van der Waals surface area contributed by atoms with Gasteiger partial charge in [0, 0.05) is 0 Å². The lowest BCUT2D eigenvalue weighted by Gasteiger charge is -2.13. The Bertz CT molecular complexity index is 324. The Balaban J connectivity index is 2.72. The highest BCUT2D eigenvalue weighted by molar-refractivity contribution is 6.32. The van der Waals surface area contributed by atoms with Gasteiger partial charge in [-0.25, -0.2) is 0 Å². The first-order valence-corrected chi connectivity index (χ1v) is 6.20. The smallest absolute Gasteiger partial charge is 0.137 e. The highest BCUT2D eigenvalue weighted by atomic mass is 35.5.